The predicted molar refractivity (Wildman–Crippen MR) is 96.9 cm³/mol. The van der Waals surface area contributed by atoms with Crippen LogP contribution in [0.2, 0.25) is 0 Å². The fraction of sp³-hybridized carbons (Fsp3) is 0.0667. The summed E-state index contributed by atoms with van der Waals surface area (Å²) >= 11 is 11.7. The van der Waals surface area contributed by atoms with Crippen LogP contribution in [0.5, 0.6) is 0 Å². The van der Waals surface area contributed by atoms with Crippen LogP contribution < -0.4 is 11.1 Å². The summed E-state index contributed by atoms with van der Waals surface area (Å²) in [5.41, 5.74) is 8.53. The van der Waals surface area contributed by atoms with Crippen LogP contribution in [0.15, 0.2) is 45.3 Å². The number of hydrogen-bond donors (Lipinski definition) is 2. The van der Waals surface area contributed by atoms with Crippen molar-refractivity contribution in [3.8, 4) is 0 Å². The molecule has 0 radical (unpaired) electrons. The molecular weight excluding hydrogens is 416 g/mol. The molecule has 2 aromatic rings. The molecule has 0 aliphatic rings. The molecule has 3 nitrogen and oxygen atoms in total. The molecule has 0 saturated carbocycles. The van der Waals surface area contributed by atoms with Crippen molar-refractivity contribution in [1.29, 1.82) is 0 Å². The Balaban J connectivity index is 2.31. The lowest BCUT2D eigenvalue weighted by Gasteiger charge is -2.11. The molecule has 0 saturated heterocycles. The second kappa shape index (κ2) is 6.68. The van der Waals surface area contributed by atoms with Crippen LogP contribution in [0.3, 0.4) is 0 Å². The summed E-state index contributed by atoms with van der Waals surface area (Å²) in [6.07, 6.45) is 0. The standard InChI is InChI=1S/C15H12Br2N2OS/c1-8-2-3-9(14(18)21)6-13(8)19-15(20)11-5-4-10(16)7-12(11)17/h2-7H,1H3,(H2,18,21)(H,19,20). The molecule has 0 fully saturated rings. The number of rotatable bonds is 3. The maximum absolute atomic E-state index is 12.4. The molecule has 1 amide bonds. The number of halogens is 2. The summed E-state index contributed by atoms with van der Waals surface area (Å²) < 4.78 is 1.62. The maximum Gasteiger partial charge on any atom is 0.256 e. The van der Waals surface area contributed by atoms with Crippen LogP contribution in [0.4, 0.5) is 5.69 Å². The lowest BCUT2D eigenvalue weighted by atomic mass is 10.1. The number of hydrogen-bond acceptors (Lipinski definition) is 2. The van der Waals surface area contributed by atoms with Crippen molar-refractivity contribution in [2.45, 2.75) is 6.92 Å². The smallest absolute Gasteiger partial charge is 0.256 e. The Morgan fingerprint density at radius 2 is 1.90 bits per heavy atom. The molecule has 0 bridgehead atoms. The highest BCUT2D eigenvalue weighted by atomic mass is 79.9. The second-order valence-corrected chi connectivity index (χ2v) is 6.68. The highest BCUT2D eigenvalue weighted by molar-refractivity contribution is 9.11. The molecule has 3 N–H and O–H groups in total. The van der Waals surface area contributed by atoms with Crippen LogP contribution in [0.1, 0.15) is 21.5 Å². The van der Waals surface area contributed by atoms with Crippen molar-refractivity contribution >= 4 is 60.7 Å². The number of thiocarbonyl (C=S) groups is 1. The Morgan fingerprint density at radius 1 is 1.19 bits per heavy atom. The minimum Gasteiger partial charge on any atom is -0.389 e. The molecule has 0 unspecified atom stereocenters. The van der Waals surface area contributed by atoms with Gasteiger partial charge in [-0.2, -0.15) is 0 Å². The SMILES string of the molecule is Cc1ccc(C(N)=S)cc1NC(=O)c1ccc(Br)cc1Br. The molecule has 108 valence electrons. The zero-order valence-corrected chi connectivity index (χ0v) is 15.1. The van der Waals surface area contributed by atoms with E-state index in [9.17, 15) is 4.79 Å². The first-order valence-electron chi connectivity index (χ1n) is 6.05. The summed E-state index contributed by atoms with van der Waals surface area (Å²) in [4.78, 5) is 12.7. The van der Waals surface area contributed by atoms with E-state index >= 15 is 0 Å². The molecule has 21 heavy (non-hydrogen) atoms. The van der Waals surface area contributed by atoms with Crippen molar-refractivity contribution < 1.29 is 4.79 Å². The van der Waals surface area contributed by atoms with E-state index in [0.717, 1.165) is 20.1 Å². The summed E-state index contributed by atoms with van der Waals surface area (Å²) in [5.74, 6) is -0.197. The van der Waals surface area contributed by atoms with Gasteiger partial charge < -0.3 is 11.1 Å². The maximum atomic E-state index is 12.4. The summed E-state index contributed by atoms with van der Waals surface area (Å²) in [7, 11) is 0. The Morgan fingerprint density at radius 3 is 2.52 bits per heavy atom. The molecule has 2 aromatic carbocycles. The minimum atomic E-state index is -0.197. The van der Waals surface area contributed by atoms with Crippen LogP contribution in [-0.4, -0.2) is 10.9 Å². The van der Waals surface area contributed by atoms with E-state index in [1.807, 2.05) is 31.2 Å². The molecule has 0 aliphatic carbocycles. The van der Waals surface area contributed by atoms with Crippen LogP contribution >= 0.6 is 44.1 Å². The van der Waals surface area contributed by atoms with E-state index in [4.69, 9.17) is 18.0 Å². The van der Waals surface area contributed by atoms with E-state index in [-0.39, 0.29) is 5.91 Å². The van der Waals surface area contributed by atoms with Gasteiger partial charge in [-0.15, -0.1) is 0 Å². The van der Waals surface area contributed by atoms with Gasteiger partial charge in [0, 0.05) is 20.2 Å². The molecular formula is C15H12Br2N2OS. The molecule has 6 heteroatoms. The predicted octanol–water partition coefficient (Wildman–Crippen LogP) is 4.41. The number of anilines is 1. The first kappa shape index (κ1) is 16.1. The van der Waals surface area contributed by atoms with Crippen molar-refractivity contribution in [2.75, 3.05) is 5.32 Å². The topological polar surface area (TPSA) is 55.1 Å². The average Bonchev–Trinajstić information content (AvgIpc) is 2.40. The van der Waals surface area contributed by atoms with Crippen LogP contribution in [0, 0.1) is 6.92 Å². The van der Waals surface area contributed by atoms with Gasteiger partial charge in [-0.3, -0.25) is 4.79 Å². The van der Waals surface area contributed by atoms with E-state index < -0.39 is 0 Å². The van der Waals surface area contributed by atoms with E-state index in [2.05, 4.69) is 37.2 Å². The molecule has 0 aliphatic heterocycles. The molecule has 0 spiro atoms. The van der Waals surface area contributed by atoms with Crippen molar-refractivity contribution in [1.82, 2.24) is 0 Å². The van der Waals surface area contributed by atoms with Gasteiger partial charge in [0.1, 0.15) is 4.99 Å². The quantitative estimate of drug-likeness (QED) is 0.713. The zero-order chi connectivity index (χ0) is 15.6. The van der Waals surface area contributed by atoms with Crippen molar-refractivity contribution in [3.05, 3.63) is 62.0 Å². The van der Waals surface area contributed by atoms with Gasteiger partial charge in [-0.25, -0.2) is 0 Å². The molecule has 2 rings (SSSR count). The summed E-state index contributed by atoms with van der Waals surface area (Å²) in [5, 5.41) is 2.88. The third-order valence-electron chi connectivity index (χ3n) is 2.95. The van der Waals surface area contributed by atoms with Gasteiger partial charge >= 0.3 is 0 Å². The lowest BCUT2D eigenvalue weighted by Crippen LogP contribution is -2.15. The van der Waals surface area contributed by atoms with E-state index in [1.54, 1.807) is 12.1 Å². The molecule has 0 aromatic heterocycles. The Bertz CT molecular complexity index is 732. The van der Waals surface area contributed by atoms with Gasteiger partial charge in [0.05, 0.1) is 5.56 Å². The highest BCUT2D eigenvalue weighted by Gasteiger charge is 2.12. The second-order valence-electron chi connectivity index (χ2n) is 4.47. The number of benzene rings is 2. The fourth-order valence-electron chi connectivity index (χ4n) is 1.77. The normalized spacial score (nSPS) is 10.2. The third-order valence-corrected chi connectivity index (χ3v) is 4.33. The summed E-state index contributed by atoms with van der Waals surface area (Å²) in [6, 6.07) is 10.9. The zero-order valence-electron chi connectivity index (χ0n) is 11.1. The van der Waals surface area contributed by atoms with Crippen molar-refractivity contribution in [2.24, 2.45) is 5.73 Å². The largest absolute Gasteiger partial charge is 0.389 e. The number of nitrogens with two attached hydrogens (primary N) is 1. The van der Waals surface area contributed by atoms with E-state index in [1.165, 1.54) is 0 Å². The van der Waals surface area contributed by atoms with Crippen molar-refractivity contribution in [3.63, 3.8) is 0 Å². The first-order valence-corrected chi connectivity index (χ1v) is 8.05. The number of aryl methyl sites for hydroxylation is 1. The van der Waals surface area contributed by atoms with Gasteiger partial charge in [-0.1, -0.05) is 40.3 Å². The van der Waals surface area contributed by atoms with Crippen LogP contribution in [0.25, 0.3) is 0 Å². The average molecular weight is 428 g/mol. The fourth-order valence-corrected chi connectivity index (χ4v) is 3.13. The van der Waals surface area contributed by atoms with E-state index in [0.29, 0.717) is 16.2 Å². The molecule has 0 atom stereocenters. The van der Waals surface area contributed by atoms with Gasteiger partial charge in [0.2, 0.25) is 0 Å². The number of carbonyl (C=O) groups is 1. The monoisotopic (exact) mass is 426 g/mol. The highest BCUT2D eigenvalue weighted by Crippen LogP contribution is 2.24. The molecule has 0 heterocycles. The number of amides is 1. The number of carbonyl (C=O) groups excluding carboxylic acids is 1. The Kier molecular flexibility index (Phi) is 5.13. The summed E-state index contributed by atoms with van der Waals surface area (Å²) in [6.45, 7) is 1.91. The Hall–Kier alpha value is -1.24. The third kappa shape index (κ3) is 3.90. The van der Waals surface area contributed by atoms with Gasteiger partial charge in [0.25, 0.3) is 5.91 Å². The van der Waals surface area contributed by atoms with Gasteiger partial charge in [-0.05, 0) is 52.7 Å². The Labute approximate surface area is 145 Å². The lowest BCUT2D eigenvalue weighted by molar-refractivity contribution is 0.102. The number of nitrogens with one attached hydrogen (secondary N) is 1. The van der Waals surface area contributed by atoms with Crippen LogP contribution in [-0.2, 0) is 0 Å². The minimum absolute atomic E-state index is 0.197. The first-order chi connectivity index (χ1) is 9.88. The van der Waals surface area contributed by atoms with Gasteiger partial charge in [0.15, 0.2) is 0 Å².